The summed E-state index contributed by atoms with van der Waals surface area (Å²) in [5.74, 6) is 4.80. The summed E-state index contributed by atoms with van der Waals surface area (Å²) in [4.78, 5) is 13.7. The van der Waals surface area contributed by atoms with Gasteiger partial charge in [0.05, 0.1) is 23.6 Å². The minimum absolute atomic E-state index is 0.0389. The number of thiophene rings is 1. The molecular formula is C16H14FNO2S. The Labute approximate surface area is 126 Å². The van der Waals surface area contributed by atoms with Crippen molar-refractivity contribution in [2.45, 2.75) is 13.0 Å². The maximum Gasteiger partial charge on any atom is 0.254 e. The van der Waals surface area contributed by atoms with Crippen molar-refractivity contribution < 1.29 is 14.3 Å². The summed E-state index contributed by atoms with van der Waals surface area (Å²) in [6.45, 7) is 0.378. The lowest BCUT2D eigenvalue weighted by Gasteiger charge is -2.04. The van der Waals surface area contributed by atoms with Gasteiger partial charge in [-0.1, -0.05) is 24.0 Å². The lowest BCUT2D eigenvalue weighted by Crippen LogP contribution is -2.23. The van der Waals surface area contributed by atoms with Gasteiger partial charge in [0.1, 0.15) is 5.82 Å². The van der Waals surface area contributed by atoms with Crippen molar-refractivity contribution in [3.8, 4) is 11.8 Å². The molecule has 0 radical (unpaired) electrons. The molecule has 0 aliphatic heterocycles. The molecule has 0 bridgehead atoms. The standard InChI is InChI=1S/C16H14FNO2S/c17-15-7-2-1-6-14(15)16(20)18-11-13-9-8-12(21-13)5-3-4-10-19/h1-2,6-9,19H,4,10-11H2,(H,18,20). The van der Waals surface area contributed by atoms with Crippen molar-refractivity contribution in [2.75, 3.05) is 6.61 Å². The number of nitrogens with one attached hydrogen (secondary N) is 1. The van der Waals surface area contributed by atoms with Gasteiger partial charge in [-0.15, -0.1) is 11.3 Å². The Morgan fingerprint density at radius 2 is 2.10 bits per heavy atom. The van der Waals surface area contributed by atoms with Crippen LogP contribution in [-0.4, -0.2) is 17.6 Å². The van der Waals surface area contributed by atoms with E-state index in [9.17, 15) is 9.18 Å². The van der Waals surface area contributed by atoms with Crippen LogP contribution in [0.2, 0.25) is 0 Å². The van der Waals surface area contributed by atoms with Gasteiger partial charge in [0.15, 0.2) is 0 Å². The highest BCUT2D eigenvalue weighted by Gasteiger charge is 2.10. The van der Waals surface area contributed by atoms with Gasteiger partial charge in [-0.3, -0.25) is 4.79 Å². The van der Waals surface area contributed by atoms with Crippen LogP contribution in [0.3, 0.4) is 0 Å². The molecule has 0 saturated heterocycles. The lowest BCUT2D eigenvalue weighted by molar-refractivity contribution is 0.0947. The molecule has 1 aromatic heterocycles. The average Bonchev–Trinajstić information content (AvgIpc) is 2.93. The molecule has 2 N–H and O–H groups in total. The number of halogens is 1. The number of hydrogen-bond donors (Lipinski definition) is 2. The van der Waals surface area contributed by atoms with Gasteiger partial charge in [0, 0.05) is 11.3 Å². The number of carbonyl (C=O) groups is 1. The molecule has 0 aliphatic rings. The monoisotopic (exact) mass is 303 g/mol. The van der Waals surface area contributed by atoms with Crippen molar-refractivity contribution in [3.05, 3.63) is 57.5 Å². The van der Waals surface area contributed by atoms with Crippen LogP contribution in [-0.2, 0) is 6.54 Å². The molecule has 21 heavy (non-hydrogen) atoms. The number of hydrogen-bond acceptors (Lipinski definition) is 3. The van der Waals surface area contributed by atoms with E-state index in [1.165, 1.54) is 23.5 Å². The van der Waals surface area contributed by atoms with Crippen molar-refractivity contribution in [3.63, 3.8) is 0 Å². The highest BCUT2D eigenvalue weighted by atomic mass is 32.1. The molecule has 108 valence electrons. The summed E-state index contributed by atoms with van der Waals surface area (Å²) < 4.78 is 13.4. The van der Waals surface area contributed by atoms with E-state index in [0.717, 1.165) is 9.75 Å². The van der Waals surface area contributed by atoms with Gasteiger partial charge in [-0.2, -0.15) is 0 Å². The lowest BCUT2D eigenvalue weighted by atomic mass is 10.2. The molecule has 1 heterocycles. The van der Waals surface area contributed by atoms with Gasteiger partial charge in [0.25, 0.3) is 5.91 Å². The molecule has 0 unspecified atom stereocenters. The van der Waals surface area contributed by atoms with Gasteiger partial charge >= 0.3 is 0 Å². The Kier molecular flexibility index (Phi) is 5.50. The van der Waals surface area contributed by atoms with Crippen molar-refractivity contribution in [2.24, 2.45) is 0 Å². The third-order valence-corrected chi connectivity index (χ3v) is 3.65. The van der Waals surface area contributed by atoms with Gasteiger partial charge < -0.3 is 10.4 Å². The summed E-state index contributed by atoms with van der Waals surface area (Å²) >= 11 is 1.46. The van der Waals surface area contributed by atoms with Crippen LogP contribution in [0.1, 0.15) is 26.5 Å². The van der Waals surface area contributed by atoms with Crippen LogP contribution in [0.4, 0.5) is 4.39 Å². The maximum atomic E-state index is 13.4. The molecule has 0 aliphatic carbocycles. The predicted octanol–water partition coefficient (Wildman–Crippen LogP) is 2.55. The molecule has 2 rings (SSSR count). The minimum Gasteiger partial charge on any atom is -0.395 e. The van der Waals surface area contributed by atoms with Crippen molar-refractivity contribution in [1.82, 2.24) is 5.32 Å². The average molecular weight is 303 g/mol. The summed E-state index contributed by atoms with van der Waals surface area (Å²) in [5.41, 5.74) is 0.0389. The SMILES string of the molecule is O=C(NCc1ccc(C#CCCO)s1)c1ccccc1F. The van der Waals surface area contributed by atoms with Crippen LogP contribution >= 0.6 is 11.3 Å². The second-order valence-electron chi connectivity index (χ2n) is 4.20. The quantitative estimate of drug-likeness (QED) is 0.853. The number of benzene rings is 1. The van der Waals surface area contributed by atoms with Gasteiger partial charge in [-0.05, 0) is 24.3 Å². The molecule has 0 saturated carbocycles. The van der Waals surface area contributed by atoms with E-state index in [-0.39, 0.29) is 12.2 Å². The zero-order chi connectivity index (χ0) is 15.1. The molecule has 5 heteroatoms. The first kappa shape index (κ1) is 15.2. The van der Waals surface area contributed by atoms with Gasteiger partial charge in [0.2, 0.25) is 0 Å². The molecule has 0 spiro atoms. The second kappa shape index (κ2) is 7.58. The molecule has 0 atom stereocenters. The summed E-state index contributed by atoms with van der Waals surface area (Å²) in [7, 11) is 0. The number of rotatable bonds is 4. The van der Waals surface area contributed by atoms with Crippen LogP contribution in [0.5, 0.6) is 0 Å². The molecule has 1 amide bonds. The highest BCUT2D eigenvalue weighted by molar-refractivity contribution is 7.12. The Hall–Kier alpha value is -2.16. The molecule has 3 nitrogen and oxygen atoms in total. The fraction of sp³-hybridized carbons (Fsp3) is 0.188. The Morgan fingerprint density at radius 1 is 1.29 bits per heavy atom. The van der Waals surface area contributed by atoms with E-state index in [1.54, 1.807) is 12.1 Å². The Balaban J connectivity index is 1.93. The summed E-state index contributed by atoms with van der Waals surface area (Å²) in [5, 5.41) is 11.3. The van der Waals surface area contributed by atoms with E-state index in [1.807, 2.05) is 12.1 Å². The Bertz CT molecular complexity index is 685. The third kappa shape index (κ3) is 4.42. The second-order valence-corrected chi connectivity index (χ2v) is 5.37. The smallest absolute Gasteiger partial charge is 0.254 e. The molecule has 2 aromatic rings. The summed E-state index contributed by atoms with van der Waals surface area (Å²) in [6.07, 6.45) is 0.442. The van der Waals surface area contributed by atoms with Crippen LogP contribution in [0, 0.1) is 17.7 Å². The van der Waals surface area contributed by atoms with E-state index in [2.05, 4.69) is 17.2 Å². The zero-order valence-electron chi connectivity index (χ0n) is 11.2. The number of aliphatic hydroxyl groups excluding tert-OH is 1. The largest absolute Gasteiger partial charge is 0.395 e. The predicted molar refractivity (Wildman–Crippen MR) is 80.5 cm³/mol. The van der Waals surface area contributed by atoms with E-state index in [4.69, 9.17) is 5.11 Å². The first-order chi connectivity index (χ1) is 10.2. The fourth-order valence-electron chi connectivity index (χ4n) is 1.65. The molecule has 0 fully saturated rings. The molecular weight excluding hydrogens is 289 g/mol. The normalized spacial score (nSPS) is 9.81. The molecule has 1 aromatic carbocycles. The van der Waals surface area contributed by atoms with E-state index >= 15 is 0 Å². The fourth-order valence-corrected chi connectivity index (χ4v) is 2.48. The topological polar surface area (TPSA) is 49.3 Å². The van der Waals surface area contributed by atoms with Crippen LogP contribution < -0.4 is 5.32 Å². The number of amides is 1. The first-order valence-electron chi connectivity index (χ1n) is 6.42. The van der Waals surface area contributed by atoms with Crippen LogP contribution in [0.15, 0.2) is 36.4 Å². The minimum atomic E-state index is -0.531. The Morgan fingerprint density at radius 3 is 2.86 bits per heavy atom. The zero-order valence-corrected chi connectivity index (χ0v) is 12.0. The van der Waals surface area contributed by atoms with Crippen LogP contribution in [0.25, 0.3) is 0 Å². The van der Waals surface area contributed by atoms with E-state index in [0.29, 0.717) is 13.0 Å². The maximum absolute atomic E-state index is 13.4. The number of carbonyl (C=O) groups excluding carboxylic acids is 1. The van der Waals surface area contributed by atoms with Crippen molar-refractivity contribution >= 4 is 17.2 Å². The number of aliphatic hydroxyl groups is 1. The van der Waals surface area contributed by atoms with Crippen molar-refractivity contribution in [1.29, 1.82) is 0 Å². The first-order valence-corrected chi connectivity index (χ1v) is 7.23. The van der Waals surface area contributed by atoms with E-state index < -0.39 is 11.7 Å². The summed E-state index contributed by atoms with van der Waals surface area (Å²) in [6, 6.07) is 9.61. The highest BCUT2D eigenvalue weighted by Crippen LogP contribution is 2.15. The third-order valence-electron chi connectivity index (χ3n) is 2.65. The van der Waals surface area contributed by atoms with Gasteiger partial charge in [-0.25, -0.2) is 4.39 Å².